The minimum absolute atomic E-state index is 0.152. The predicted molar refractivity (Wildman–Crippen MR) is 102 cm³/mol. The van der Waals surface area contributed by atoms with Gasteiger partial charge < -0.3 is 9.84 Å². The van der Waals surface area contributed by atoms with Crippen LogP contribution in [0, 0.1) is 0 Å². The molecule has 0 radical (unpaired) electrons. The Morgan fingerprint density at radius 3 is 2.63 bits per heavy atom. The molecule has 0 amide bonds. The van der Waals surface area contributed by atoms with Gasteiger partial charge in [0.1, 0.15) is 0 Å². The molecule has 0 saturated heterocycles. The fourth-order valence-corrected chi connectivity index (χ4v) is 3.55. The van der Waals surface area contributed by atoms with Crippen molar-refractivity contribution in [1.82, 2.24) is 20.2 Å². The first-order valence-electron chi connectivity index (χ1n) is 8.62. The molecule has 1 unspecified atom stereocenters. The molecular weight excluding hydrogens is 364 g/mol. The van der Waals surface area contributed by atoms with Crippen LogP contribution >= 0.6 is 0 Å². The van der Waals surface area contributed by atoms with Crippen molar-refractivity contribution in [3.8, 4) is 11.5 Å². The molecule has 1 heterocycles. The standard InChI is InChI=1S/C19H22N4O3S/c1-14(20-2)11-18-22-19(26-23-18)16-9-6-10-17(12-16)27(24,25)21-13-15-7-4-3-5-8-15/h3-10,12,14,20-21H,11,13H2,1-2H3. The van der Waals surface area contributed by atoms with Crippen molar-refractivity contribution >= 4 is 10.0 Å². The summed E-state index contributed by atoms with van der Waals surface area (Å²) in [4.78, 5) is 4.50. The highest BCUT2D eigenvalue weighted by molar-refractivity contribution is 7.89. The van der Waals surface area contributed by atoms with Crippen LogP contribution in [0.25, 0.3) is 11.5 Å². The number of benzene rings is 2. The topological polar surface area (TPSA) is 97.1 Å². The van der Waals surface area contributed by atoms with Crippen LogP contribution in [0.2, 0.25) is 0 Å². The summed E-state index contributed by atoms with van der Waals surface area (Å²) in [6, 6.07) is 16.0. The predicted octanol–water partition coefficient (Wildman–Crippen LogP) is 2.37. The molecule has 2 N–H and O–H groups in total. The number of nitrogens with one attached hydrogen (secondary N) is 2. The van der Waals surface area contributed by atoms with Crippen LogP contribution in [0.3, 0.4) is 0 Å². The molecule has 0 spiro atoms. The molecule has 3 rings (SSSR count). The maximum atomic E-state index is 12.6. The van der Waals surface area contributed by atoms with E-state index in [0.29, 0.717) is 23.7 Å². The summed E-state index contributed by atoms with van der Waals surface area (Å²) in [6.45, 7) is 2.24. The molecule has 7 nitrogen and oxygen atoms in total. The third kappa shape index (κ3) is 5.00. The van der Waals surface area contributed by atoms with Gasteiger partial charge in [-0.3, -0.25) is 0 Å². The Kier molecular flexibility index (Phi) is 6.00. The van der Waals surface area contributed by atoms with Crippen molar-refractivity contribution in [3.63, 3.8) is 0 Å². The average Bonchev–Trinajstić information content (AvgIpc) is 3.16. The van der Waals surface area contributed by atoms with Gasteiger partial charge in [0.25, 0.3) is 5.89 Å². The molecule has 0 bridgehead atoms. The van der Waals surface area contributed by atoms with Crippen LogP contribution in [-0.2, 0) is 23.0 Å². The molecular formula is C19H22N4O3S. The number of likely N-dealkylation sites (N-methyl/N-ethyl adjacent to an activating group) is 1. The van der Waals surface area contributed by atoms with Crippen LogP contribution < -0.4 is 10.0 Å². The Bertz CT molecular complexity index is 987. The quantitative estimate of drug-likeness (QED) is 0.617. The second-order valence-electron chi connectivity index (χ2n) is 6.25. The largest absolute Gasteiger partial charge is 0.334 e. The number of aromatic nitrogens is 2. The minimum Gasteiger partial charge on any atom is -0.334 e. The Labute approximate surface area is 158 Å². The van der Waals surface area contributed by atoms with E-state index < -0.39 is 10.0 Å². The van der Waals surface area contributed by atoms with Gasteiger partial charge in [-0.15, -0.1) is 0 Å². The minimum atomic E-state index is -3.65. The summed E-state index contributed by atoms with van der Waals surface area (Å²) in [6.07, 6.45) is 0.622. The Hall–Kier alpha value is -2.55. The van der Waals surface area contributed by atoms with Gasteiger partial charge in [0, 0.05) is 24.6 Å². The van der Waals surface area contributed by atoms with Gasteiger partial charge in [0.05, 0.1) is 4.90 Å². The van der Waals surface area contributed by atoms with E-state index in [4.69, 9.17) is 4.52 Å². The highest BCUT2D eigenvalue weighted by atomic mass is 32.2. The van der Waals surface area contributed by atoms with Crippen LogP contribution in [0.1, 0.15) is 18.3 Å². The second kappa shape index (κ2) is 8.43. The van der Waals surface area contributed by atoms with E-state index in [0.717, 1.165) is 5.56 Å². The average molecular weight is 386 g/mol. The molecule has 27 heavy (non-hydrogen) atoms. The lowest BCUT2D eigenvalue weighted by Crippen LogP contribution is -2.24. The smallest absolute Gasteiger partial charge is 0.257 e. The zero-order chi connectivity index (χ0) is 19.3. The van der Waals surface area contributed by atoms with E-state index in [1.165, 1.54) is 12.1 Å². The zero-order valence-corrected chi connectivity index (χ0v) is 16.0. The molecule has 2 aromatic carbocycles. The number of hydrogen-bond acceptors (Lipinski definition) is 6. The van der Waals surface area contributed by atoms with Gasteiger partial charge in [-0.25, -0.2) is 13.1 Å². The lowest BCUT2D eigenvalue weighted by Gasteiger charge is -2.07. The molecule has 0 aliphatic carbocycles. The first-order valence-corrected chi connectivity index (χ1v) is 10.1. The van der Waals surface area contributed by atoms with E-state index in [9.17, 15) is 8.42 Å². The molecule has 0 aliphatic heterocycles. The third-order valence-corrected chi connectivity index (χ3v) is 5.55. The first-order chi connectivity index (χ1) is 13.0. The van der Waals surface area contributed by atoms with Crippen LogP contribution in [0.5, 0.6) is 0 Å². The first kappa shape index (κ1) is 19.2. The highest BCUT2D eigenvalue weighted by Crippen LogP contribution is 2.21. The summed E-state index contributed by atoms with van der Waals surface area (Å²) in [5.41, 5.74) is 1.45. The second-order valence-corrected chi connectivity index (χ2v) is 8.01. The van der Waals surface area contributed by atoms with Gasteiger partial charge in [-0.05, 0) is 37.7 Å². The molecule has 142 valence electrons. The maximum absolute atomic E-state index is 12.6. The monoisotopic (exact) mass is 386 g/mol. The molecule has 0 aliphatic rings. The summed E-state index contributed by atoms with van der Waals surface area (Å²) in [5, 5.41) is 7.07. The fraction of sp³-hybridized carbons (Fsp3) is 0.263. The lowest BCUT2D eigenvalue weighted by atomic mass is 10.2. The van der Waals surface area contributed by atoms with E-state index in [-0.39, 0.29) is 17.5 Å². The number of hydrogen-bond donors (Lipinski definition) is 2. The summed E-state index contributed by atoms with van der Waals surface area (Å²) in [5.74, 6) is 0.871. The third-order valence-electron chi connectivity index (χ3n) is 4.15. The van der Waals surface area contributed by atoms with Gasteiger partial charge >= 0.3 is 0 Å². The lowest BCUT2D eigenvalue weighted by molar-refractivity contribution is 0.418. The Morgan fingerprint density at radius 2 is 1.89 bits per heavy atom. The SMILES string of the molecule is CNC(C)Cc1noc(-c2cccc(S(=O)(=O)NCc3ccccc3)c2)n1. The van der Waals surface area contributed by atoms with Crippen LogP contribution in [-0.4, -0.2) is 31.6 Å². The van der Waals surface area contributed by atoms with Crippen molar-refractivity contribution in [2.75, 3.05) is 7.05 Å². The normalized spacial score (nSPS) is 12.8. The van der Waals surface area contributed by atoms with Gasteiger partial charge in [-0.1, -0.05) is 41.6 Å². The molecule has 0 saturated carbocycles. The summed E-state index contributed by atoms with van der Waals surface area (Å²) < 4.78 is 33.1. The zero-order valence-electron chi connectivity index (χ0n) is 15.2. The van der Waals surface area contributed by atoms with Crippen molar-refractivity contribution in [3.05, 3.63) is 66.0 Å². The van der Waals surface area contributed by atoms with Gasteiger partial charge in [0.2, 0.25) is 10.0 Å². The number of sulfonamides is 1. The van der Waals surface area contributed by atoms with Crippen LogP contribution in [0.15, 0.2) is 64.0 Å². The van der Waals surface area contributed by atoms with Crippen molar-refractivity contribution in [2.24, 2.45) is 0 Å². The highest BCUT2D eigenvalue weighted by Gasteiger charge is 2.17. The van der Waals surface area contributed by atoms with Crippen molar-refractivity contribution in [1.29, 1.82) is 0 Å². The molecule has 8 heteroatoms. The van der Waals surface area contributed by atoms with Gasteiger partial charge in [-0.2, -0.15) is 4.98 Å². The van der Waals surface area contributed by atoms with Crippen molar-refractivity contribution < 1.29 is 12.9 Å². The Balaban J connectivity index is 1.76. The van der Waals surface area contributed by atoms with Gasteiger partial charge in [0.15, 0.2) is 5.82 Å². The molecule has 1 aromatic heterocycles. The maximum Gasteiger partial charge on any atom is 0.257 e. The molecule has 3 aromatic rings. The van der Waals surface area contributed by atoms with E-state index in [1.807, 2.05) is 44.3 Å². The number of nitrogens with zero attached hydrogens (tertiary/aromatic N) is 2. The van der Waals surface area contributed by atoms with E-state index in [1.54, 1.807) is 12.1 Å². The Morgan fingerprint density at radius 1 is 1.11 bits per heavy atom. The van der Waals surface area contributed by atoms with Crippen molar-refractivity contribution in [2.45, 2.75) is 30.8 Å². The van der Waals surface area contributed by atoms with E-state index in [2.05, 4.69) is 20.2 Å². The fourth-order valence-electron chi connectivity index (χ4n) is 2.48. The van der Waals surface area contributed by atoms with Crippen LogP contribution in [0.4, 0.5) is 0 Å². The molecule has 1 atom stereocenters. The molecule has 0 fully saturated rings. The van der Waals surface area contributed by atoms with E-state index >= 15 is 0 Å². The number of rotatable bonds is 8. The summed E-state index contributed by atoms with van der Waals surface area (Å²) in [7, 11) is -1.79. The summed E-state index contributed by atoms with van der Waals surface area (Å²) >= 11 is 0.